The molecule has 4 nitrogen and oxygen atoms in total. The number of carbonyl (C=O) groups is 1. The molecular weight excluding hydrogens is 617 g/mol. The van der Waals surface area contributed by atoms with E-state index in [4.69, 9.17) is 39.8 Å². The van der Waals surface area contributed by atoms with Crippen molar-refractivity contribution >= 4 is 64.1 Å². The predicted molar refractivity (Wildman–Crippen MR) is 178 cm³/mol. The Bertz CT molecular complexity index is 1730. The van der Waals surface area contributed by atoms with Gasteiger partial charge in [-0.15, -0.1) is 0 Å². The molecule has 1 saturated heterocycles. The minimum atomic E-state index is 0.0438. The summed E-state index contributed by atoms with van der Waals surface area (Å²) in [5.41, 5.74) is 6.41. The topological polar surface area (TPSA) is 38.1 Å². The lowest BCUT2D eigenvalue weighted by atomic mass is 9.85. The summed E-state index contributed by atoms with van der Waals surface area (Å²) in [6.45, 7) is 1.92. The van der Waals surface area contributed by atoms with Crippen molar-refractivity contribution in [2.45, 2.75) is 48.5 Å². The van der Waals surface area contributed by atoms with Gasteiger partial charge < -0.3 is 4.57 Å². The lowest BCUT2D eigenvalue weighted by Crippen LogP contribution is -2.30. The van der Waals surface area contributed by atoms with Gasteiger partial charge >= 0.3 is 0 Å². The number of fused-ring (bicyclic) bond motifs is 1. The van der Waals surface area contributed by atoms with Gasteiger partial charge in [-0.2, -0.15) is 0 Å². The van der Waals surface area contributed by atoms with Gasteiger partial charge in [0.2, 0.25) is 0 Å². The van der Waals surface area contributed by atoms with E-state index < -0.39 is 0 Å². The van der Waals surface area contributed by atoms with Crippen LogP contribution in [-0.4, -0.2) is 33.2 Å². The maximum Gasteiger partial charge on any atom is 0.151 e. The summed E-state index contributed by atoms with van der Waals surface area (Å²) in [5.74, 6) is 1.83. The van der Waals surface area contributed by atoms with Gasteiger partial charge in [-0.25, -0.2) is 9.29 Å². The molecule has 0 bridgehead atoms. The van der Waals surface area contributed by atoms with Crippen molar-refractivity contribution in [2.24, 2.45) is 0 Å². The number of aldehydes is 1. The number of hydrogen-bond donors (Lipinski definition) is 0. The molecule has 1 aromatic heterocycles. The molecule has 0 N–H and O–H groups in total. The lowest BCUT2D eigenvalue weighted by Gasteiger charge is -2.33. The first kappa shape index (κ1) is 28.9. The number of rotatable bonds is 8. The van der Waals surface area contributed by atoms with Crippen LogP contribution in [0, 0.1) is 0 Å². The Morgan fingerprint density at radius 1 is 0.767 bits per heavy atom. The summed E-state index contributed by atoms with van der Waals surface area (Å²) in [5, 5.41) is 1.96. The fraction of sp³-hybridized carbons (Fsp3) is 0.257. The highest BCUT2D eigenvalue weighted by Crippen LogP contribution is 2.44. The molecule has 0 amide bonds. The number of hydrogen-bond acceptors (Lipinski definition) is 4. The highest BCUT2D eigenvalue weighted by Gasteiger charge is 2.33. The van der Waals surface area contributed by atoms with E-state index in [2.05, 4.69) is 51.3 Å². The average molecular weight is 647 g/mol. The molecule has 0 atom stereocenters. The molecular formula is C35H30Cl3N3OS. The first-order valence-corrected chi connectivity index (χ1v) is 16.6. The molecule has 4 aromatic carbocycles. The Hall–Kier alpha value is -2.80. The van der Waals surface area contributed by atoms with Gasteiger partial charge in [0.05, 0.1) is 16.1 Å². The third-order valence-corrected chi connectivity index (χ3v) is 10.5. The monoisotopic (exact) mass is 645 g/mol. The van der Waals surface area contributed by atoms with Crippen molar-refractivity contribution in [2.75, 3.05) is 13.1 Å². The first-order chi connectivity index (χ1) is 21.0. The van der Waals surface area contributed by atoms with Crippen LogP contribution in [0.25, 0.3) is 11.0 Å². The van der Waals surface area contributed by atoms with Crippen LogP contribution in [0.3, 0.4) is 0 Å². The van der Waals surface area contributed by atoms with Gasteiger partial charge in [0, 0.05) is 51.5 Å². The summed E-state index contributed by atoms with van der Waals surface area (Å²) in [6.07, 6.45) is 5.30. The molecule has 1 saturated carbocycles. The first-order valence-electron chi connectivity index (χ1n) is 14.7. The Morgan fingerprint density at radius 2 is 1.40 bits per heavy atom. The summed E-state index contributed by atoms with van der Waals surface area (Å²) in [7, 11) is 0. The van der Waals surface area contributed by atoms with Crippen LogP contribution in [0.1, 0.15) is 76.4 Å². The van der Waals surface area contributed by atoms with Crippen molar-refractivity contribution in [1.82, 2.24) is 13.9 Å². The van der Waals surface area contributed by atoms with Crippen LogP contribution in [0.4, 0.5) is 0 Å². The number of piperidine rings is 1. The molecule has 43 heavy (non-hydrogen) atoms. The van der Waals surface area contributed by atoms with E-state index in [-0.39, 0.29) is 5.92 Å². The van der Waals surface area contributed by atoms with Gasteiger partial charge in [-0.05, 0) is 109 Å². The molecule has 7 rings (SSSR count). The SMILES string of the molecule is O=Cc1ccc(SN2CCC(n3c(C4CC4)nc4ccc(C(c5ccc(Cl)cc5)c5ccc(Cl)cc5)cc43)CC2)cc1Cl. The largest absolute Gasteiger partial charge is 0.325 e. The van der Waals surface area contributed by atoms with E-state index in [9.17, 15) is 4.79 Å². The van der Waals surface area contributed by atoms with Crippen molar-refractivity contribution < 1.29 is 4.79 Å². The lowest BCUT2D eigenvalue weighted by molar-refractivity contribution is 0.112. The van der Waals surface area contributed by atoms with E-state index in [1.165, 1.54) is 40.9 Å². The zero-order valence-corrected chi connectivity index (χ0v) is 26.5. The van der Waals surface area contributed by atoms with Crippen molar-refractivity contribution in [3.63, 3.8) is 0 Å². The van der Waals surface area contributed by atoms with Crippen LogP contribution in [0.15, 0.2) is 89.8 Å². The molecule has 2 aliphatic rings. The van der Waals surface area contributed by atoms with E-state index in [1.807, 2.05) is 36.4 Å². The number of carbonyl (C=O) groups excluding carboxylic acids is 1. The summed E-state index contributed by atoms with van der Waals surface area (Å²) in [6, 6.07) is 29.1. The molecule has 0 radical (unpaired) electrons. The zero-order valence-electron chi connectivity index (χ0n) is 23.4. The van der Waals surface area contributed by atoms with Crippen molar-refractivity contribution in [3.8, 4) is 0 Å². The minimum absolute atomic E-state index is 0.0438. The molecule has 0 unspecified atom stereocenters. The van der Waals surface area contributed by atoms with Crippen LogP contribution < -0.4 is 0 Å². The maximum absolute atomic E-state index is 11.2. The fourth-order valence-electron chi connectivity index (χ4n) is 6.21. The number of aromatic nitrogens is 2. The fourth-order valence-corrected chi connectivity index (χ4v) is 7.74. The van der Waals surface area contributed by atoms with Crippen LogP contribution in [-0.2, 0) is 0 Å². The molecule has 2 fully saturated rings. The number of imidazole rings is 1. The molecule has 1 aliphatic heterocycles. The number of halogens is 3. The van der Waals surface area contributed by atoms with Gasteiger partial charge in [-0.3, -0.25) is 4.79 Å². The van der Waals surface area contributed by atoms with E-state index in [1.54, 1.807) is 18.0 Å². The Morgan fingerprint density at radius 3 is 1.98 bits per heavy atom. The minimum Gasteiger partial charge on any atom is -0.325 e. The standard InChI is InChI=1S/C35H30Cl3N3OS/c36-27-9-3-22(4-10-27)34(23-5-11-28(37)12-6-23)25-8-14-32-33(19-25)41(35(39-32)24-1-2-24)29-15-17-40(18-16-29)43-30-13-7-26(21-42)31(38)20-30/h3-14,19-21,24,29,34H,1-2,15-18H2. The molecule has 1 aliphatic carbocycles. The molecule has 8 heteroatoms. The highest BCUT2D eigenvalue weighted by atomic mass is 35.5. The number of nitrogens with zero attached hydrogens (tertiary/aromatic N) is 3. The highest BCUT2D eigenvalue weighted by molar-refractivity contribution is 7.97. The van der Waals surface area contributed by atoms with Gasteiger partial charge in [0.25, 0.3) is 0 Å². The van der Waals surface area contributed by atoms with Gasteiger partial charge in [0.1, 0.15) is 5.82 Å². The molecule has 0 spiro atoms. The van der Waals surface area contributed by atoms with Crippen LogP contribution in [0.2, 0.25) is 15.1 Å². The third-order valence-electron chi connectivity index (χ3n) is 8.55. The smallest absolute Gasteiger partial charge is 0.151 e. The van der Waals surface area contributed by atoms with Crippen LogP contribution >= 0.6 is 46.8 Å². The number of benzene rings is 4. The van der Waals surface area contributed by atoms with Gasteiger partial charge in [-0.1, -0.05) is 65.1 Å². The summed E-state index contributed by atoms with van der Waals surface area (Å²) < 4.78 is 4.97. The van der Waals surface area contributed by atoms with Crippen LogP contribution in [0.5, 0.6) is 0 Å². The molecule has 2 heterocycles. The predicted octanol–water partition coefficient (Wildman–Crippen LogP) is 10.2. The third kappa shape index (κ3) is 6.11. The molecule has 218 valence electrons. The Kier molecular flexibility index (Phi) is 8.28. The van der Waals surface area contributed by atoms with Crippen molar-refractivity contribution in [1.29, 1.82) is 0 Å². The second-order valence-electron chi connectivity index (χ2n) is 11.5. The Labute approximate surface area is 271 Å². The van der Waals surface area contributed by atoms with E-state index in [0.717, 1.165) is 52.7 Å². The normalized spacial score (nSPS) is 16.3. The van der Waals surface area contributed by atoms with Crippen molar-refractivity contribution in [3.05, 3.63) is 128 Å². The summed E-state index contributed by atoms with van der Waals surface area (Å²) >= 11 is 20.6. The Balaban J connectivity index is 1.21. The maximum atomic E-state index is 11.2. The average Bonchev–Trinajstić information content (AvgIpc) is 3.80. The quantitative estimate of drug-likeness (QED) is 0.0955. The van der Waals surface area contributed by atoms with E-state index >= 15 is 0 Å². The second-order valence-corrected chi connectivity index (χ2v) is 13.9. The zero-order chi connectivity index (χ0) is 29.5. The summed E-state index contributed by atoms with van der Waals surface area (Å²) in [4.78, 5) is 17.4. The van der Waals surface area contributed by atoms with E-state index in [0.29, 0.717) is 22.5 Å². The van der Waals surface area contributed by atoms with Gasteiger partial charge in [0.15, 0.2) is 6.29 Å². The molecule has 5 aromatic rings. The second kappa shape index (κ2) is 12.3.